The second-order valence-corrected chi connectivity index (χ2v) is 7.31. The molecule has 0 bridgehead atoms. The van der Waals surface area contributed by atoms with Gasteiger partial charge in [0.05, 0.1) is 28.3 Å². The van der Waals surface area contributed by atoms with Gasteiger partial charge >= 0.3 is 0 Å². The highest BCUT2D eigenvalue weighted by atomic mass is 16.2. The number of hydrogen-bond acceptors (Lipinski definition) is 5. The van der Waals surface area contributed by atoms with Gasteiger partial charge in [-0.1, -0.05) is 12.1 Å². The van der Waals surface area contributed by atoms with Gasteiger partial charge in [0.15, 0.2) is 0 Å². The number of likely N-dealkylation sites (tertiary alicyclic amines) is 1. The highest BCUT2D eigenvalue weighted by Crippen LogP contribution is 2.33. The average molecular weight is 364 g/mol. The van der Waals surface area contributed by atoms with Gasteiger partial charge in [-0.05, 0) is 38.3 Å². The van der Waals surface area contributed by atoms with Crippen LogP contribution in [0.1, 0.15) is 46.3 Å². The molecule has 140 valence electrons. The van der Waals surface area contributed by atoms with Crippen LogP contribution in [0.3, 0.4) is 0 Å². The number of nitrogens with one attached hydrogen (secondary N) is 1. The van der Waals surface area contributed by atoms with Crippen molar-refractivity contribution in [2.45, 2.75) is 32.7 Å². The van der Waals surface area contributed by atoms with E-state index in [1.807, 2.05) is 43.0 Å². The molecule has 7 heteroatoms. The molecule has 1 N–H and O–H groups in total. The maximum absolute atomic E-state index is 13.2. The summed E-state index contributed by atoms with van der Waals surface area (Å²) < 4.78 is 0. The monoisotopic (exact) mass is 364 g/mol. The van der Waals surface area contributed by atoms with E-state index in [1.54, 1.807) is 6.20 Å². The first kappa shape index (κ1) is 17.5. The lowest BCUT2D eigenvalue weighted by molar-refractivity contribution is 0.0729. The van der Waals surface area contributed by atoms with Crippen LogP contribution in [0, 0.1) is 13.8 Å². The van der Waals surface area contributed by atoms with E-state index in [2.05, 4.69) is 27.9 Å². The number of benzene rings is 1. The largest absolute Gasteiger partial charge is 0.347 e. The van der Waals surface area contributed by atoms with Crippen LogP contribution >= 0.6 is 0 Å². The molecule has 1 atom stereocenters. The van der Waals surface area contributed by atoms with Gasteiger partial charge in [0.2, 0.25) is 5.95 Å². The lowest BCUT2D eigenvalue weighted by atomic mass is 10.1. The zero-order valence-corrected chi connectivity index (χ0v) is 16.2. The Morgan fingerprint density at radius 3 is 2.78 bits per heavy atom. The van der Waals surface area contributed by atoms with Crippen LogP contribution < -0.4 is 4.90 Å². The molecule has 27 heavy (non-hydrogen) atoms. The van der Waals surface area contributed by atoms with Crippen LogP contribution in [0.15, 0.2) is 24.4 Å². The van der Waals surface area contributed by atoms with E-state index >= 15 is 0 Å². The molecule has 0 unspecified atom stereocenters. The Labute approximate surface area is 158 Å². The summed E-state index contributed by atoms with van der Waals surface area (Å²) in [6.07, 6.45) is 3.50. The van der Waals surface area contributed by atoms with Crippen molar-refractivity contribution in [3.8, 4) is 0 Å². The first-order valence-electron chi connectivity index (χ1n) is 9.23. The number of nitrogens with zero attached hydrogens (tertiary/aromatic N) is 5. The summed E-state index contributed by atoms with van der Waals surface area (Å²) in [6.45, 7) is 4.63. The zero-order valence-electron chi connectivity index (χ0n) is 16.2. The predicted octanol–water partition coefficient (Wildman–Crippen LogP) is 3.01. The summed E-state index contributed by atoms with van der Waals surface area (Å²) in [7, 11) is 3.77. The van der Waals surface area contributed by atoms with Crippen molar-refractivity contribution >= 4 is 22.9 Å². The van der Waals surface area contributed by atoms with Gasteiger partial charge in [-0.3, -0.25) is 4.79 Å². The summed E-state index contributed by atoms with van der Waals surface area (Å²) in [6, 6.07) is 6.05. The van der Waals surface area contributed by atoms with Gasteiger partial charge < -0.3 is 14.8 Å². The van der Waals surface area contributed by atoms with Crippen molar-refractivity contribution in [1.82, 2.24) is 24.8 Å². The third-order valence-electron chi connectivity index (χ3n) is 5.16. The SMILES string of the molecule is Cc1nc(N(C)C)ncc1C(=O)N1CCC[C@@H]1c1nc2c(C)cccc2[nH]1. The number of aryl methyl sites for hydroxylation is 2. The molecule has 1 saturated heterocycles. The Kier molecular flexibility index (Phi) is 4.30. The first-order valence-corrected chi connectivity index (χ1v) is 9.23. The Bertz CT molecular complexity index is 1010. The van der Waals surface area contributed by atoms with Gasteiger partial charge in [-0.15, -0.1) is 0 Å². The summed E-state index contributed by atoms with van der Waals surface area (Å²) >= 11 is 0. The van der Waals surface area contributed by atoms with E-state index in [0.29, 0.717) is 23.8 Å². The van der Waals surface area contributed by atoms with Crippen LogP contribution in [-0.4, -0.2) is 51.4 Å². The number of carbonyl (C=O) groups is 1. The molecule has 1 fully saturated rings. The number of aromatic amines is 1. The number of amides is 1. The molecule has 0 radical (unpaired) electrons. The van der Waals surface area contributed by atoms with E-state index in [4.69, 9.17) is 4.98 Å². The number of hydrogen-bond donors (Lipinski definition) is 1. The van der Waals surface area contributed by atoms with Crippen LogP contribution in [0.25, 0.3) is 11.0 Å². The van der Waals surface area contributed by atoms with Gasteiger partial charge in [-0.25, -0.2) is 15.0 Å². The van der Waals surface area contributed by atoms with Gasteiger partial charge in [-0.2, -0.15) is 0 Å². The Morgan fingerprint density at radius 2 is 2.07 bits per heavy atom. The average Bonchev–Trinajstić information content (AvgIpc) is 3.28. The molecule has 0 aliphatic carbocycles. The number of carbonyl (C=O) groups excluding carboxylic acids is 1. The molecule has 1 aliphatic rings. The Morgan fingerprint density at radius 1 is 1.26 bits per heavy atom. The van der Waals surface area contributed by atoms with Crippen molar-refractivity contribution in [2.75, 3.05) is 25.5 Å². The van der Waals surface area contributed by atoms with Crippen LogP contribution in [0.2, 0.25) is 0 Å². The molecule has 3 heterocycles. The smallest absolute Gasteiger partial charge is 0.257 e. The molecule has 1 aliphatic heterocycles. The van der Waals surface area contributed by atoms with E-state index in [1.165, 1.54) is 0 Å². The van der Waals surface area contributed by atoms with Crippen molar-refractivity contribution in [3.63, 3.8) is 0 Å². The zero-order chi connectivity index (χ0) is 19.1. The van der Waals surface area contributed by atoms with Gasteiger partial charge in [0, 0.05) is 26.8 Å². The minimum atomic E-state index is -0.0442. The number of fused-ring (bicyclic) bond motifs is 1. The lowest BCUT2D eigenvalue weighted by Gasteiger charge is -2.24. The number of imidazole rings is 1. The molecule has 3 aromatic rings. The number of para-hydroxylation sites is 1. The Balaban J connectivity index is 1.66. The summed E-state index contributed by atoms with van der Waals surface area (Å²) in [5.74, 6) is 1.43. The minimum Gasteiger partial charge on any atom is -0.347 e. The van der Waals surface area contributed by atoms with Gasteiger partial charge in [0.25, 0.3) is 5.91 Å². The molecular formula is C20H24N6O. The molecule has 0 saturated carbocycles. The highest BCUT2D eigenvalue weighted by Gasteiger charge is 2.33. The molecule has 0 spiro atoms. The molecule has 1 aromatic carbocycles. The third-order valence-corrected chi connectivity index (χ3v) is 5.16. The minimum absolute atomic E-state index is 0.0301. The first-order chi connectivity index (χ1) is 13.0. The van der Waals surface area contributed by atoms with E-state index in [-0.39, 0.29) is 11.9 Å². The quantitative estimate of drug-likeness (QED) is 0.773. The third kappa shape index (κ3) is 3.03. The molecule has 7 nitrogen and oxygen atoms in total. The topological polar surface area (TPSA) is 78.0 Å². The maximum atomic E-state index is 13.2. The number of H-pyrrole nitrogens is 1. The van der Waals surface area contributed by atoms with Crippen LogP contribution in [-0.2, 0) is 0 Å². The fraction of sp³-hybridized carbons (Fsp3) is 0.400. The Hall–Kier alpha value is -2.96. The lowest BCUT2D eigenvalue weighted by Crippen LogP contribution is -2.32. The summed E-state index contributed by atoms with van der Waals surface area (Å²) in [4.78, 5) is 33.9. The van der Waals surface area contributed by atoms with Crippen molar-refractivity contribution < 1.29 is 4.79 Å². The van der Waals surface area contributed by atoms with Gasteiger partial charge in [0.1, 0.15) is 5.82 Å². The number of rotatable bonds is 3. The number of aromatic nitrogens is 4. The molecule has 2 aromatic heterocycles. The van der Waals surface area contributed by atoms with Crippen LogP contribution in [0.4, 0.5) is 5.95 Å². The fourth-order valence-corrected chi connectivity index (χ4v) is 3.68. The second kappa shape index (κ2) is 6.64. The van der Waals surface area contributed by atoms with E-state index in [0.717, 1.165) is 35.3 Å². The van der Waals surface area contributed by atoms with Crippen LogP contribution in [0.5, 0.6) is 0 Å². The molecular weight excluding hydrogens is 340 g/mol. The predicted molar refractivity (Wildman–Crippen MR) is 105 cm³/mol. The number of anilines is 1. The summed E-state index contributed by atoms with van der Waals surface area (Å²) in [5, 5.41) is 0. The van der Waals surface area contributed by atoms with Crippen molar-refractivity contribution in [1.29, 1.82) is 0 Å². The molecule has 1 amide bonds. The van der Waals surface area contributed by atoms with E-state index in [9.17, 15) is 4.79 Å². The fourth-order valence-electron chi connectivity index (χ4n) is 3.68. The second-order valence-electron chi connectivity index (χ2n) is 7.31. The highest BCUT2D eigenvalue weighted by molar-refractivity contribution is 5.95. The maximum Gasteiger partial charge on any atom is 0.257 e. The molecule has 4 rings (SSSR count). The summed E-state index contributed by atoms with van der Waals surface area (Å²) in [5.41, 5.74) is 4.37. The normalized spacial score (nSPS) is 16.9. The van der Waals surface area contributed by atoms with E-state index < -0.39 is 0 Å². The van der Waals surface area contributed by atoms with Crippen molar-refractivity contribution in [3.05, 3.63) is 47.0 Å². The standard InChI is InChI=1S/C20H24N6O/c1-12-7-5-8-15-17(12)24-18(23-15)16-9-6-10-26(16)19(27)14-11-21-20(25(3)4)22-13(14)2/h5,7-8,11,16H,6,9-10H2,1-4H3,(H,23,24)/t16-/m1/s1. The van der Waals surface area contributed by atoms with Crippen molar-refractivity contribution in [2.24, 2.45) is 0 Å².